The third kappa shape index (κ3) is 2.96. The van der Waals surface area contributed by atoms with Crippen LogP contribution in [0.2, 0.25) is 0 Å². The first-order valence-electron chi connectivity index (χ1n) is 7.10. The van der Waals surface area contributed by atoms with Gasteiger partial charge in [-0.3, -0.25) is 0 Å². The van der Waals surface area contributed by atoms with Crippen LogP contribution in [-0.4, -0.2) is 16.7 Å². The molecule has 0 bridgehead atoms. The molecule has 0 aliphatic carbocycles. The molecule has 2 N–H and O–H groups in total. The van der Waals surface area contributed by atoms with Gasteiger partial charge in [0.2, 0.25) is 5.82 Å². The minimum atomic E-state index is -0.503. The summed E-state index contributed by atoms with van der Waals surface area (Å²) >= 11 is 3.40. The van der Waals surface area contributed by atoms with Crippen LogP contribution in [0.4, 0.5) is 5.69 Å². The normalized spacial score (nSPS) is 11.8. The summed E-state index contributed by atoms with van der Waals surface area (Å²) in [5, 5.41) is 4.11. The SMILES string of the molecule is CCOC(CC)(CC)c1noc(-c2cccc(Br)c2N)n1. The van der Waals surface area contributed by atoms with Crippen LogP contribution in [0.15, 0.2) is 27.2 Å². The zero-order valence-corrected chi connectivity index (χ0v) is 14.1. The van der Waals surface area contributed by atoms with Crippen molar-refractivity contribution in [3.63, 3.8) is 0 Å². The molecule has 1 aromatic heterocycles. The summed E-state index contributed by atoms with van der Waals surface area (Å²) in [6.07, 6.45) is 1.56. The fourth-order valence-electron chi connectivity index (χ4n) is 2.35. The Labute approximate surface area is 133 Å². The first-order chi connectivity index (χ1) is 10.1. The molecule has 0 spiro atoms. The van der Waals surface area contributed by atoms with Crippen molar-refractivity contribution in [1.29, 1.82) is 0 Å². The Bertz CT molecular complexity index is 609. The second kappa shape index (κ2) is 6.58. The molecule has 0 fully saturated rings. The summed E-state index contributed by atoms with van der Waals surface area (Å²) < 4.78 is 12.1. The highest BCUT2D eigenvalue weighted by Crippen LogP contribution is 2.35. The Hall–Kier alpha value is -1.40. The van der Waals surface area contributed by atoms with Crippen LogP contribution in [0, 0.1) is 0 Å². The van der Waals surface area contributed by atoms with E-state index in [2.05, 4.69) is 39.9 Å². The third-order valence-corrected chi connectivity index (χ3v) is 4.37. The number of hydrogen-bond acceptors (Lipinski definition) is 5. The van der Waals surface area contributed by atoms with E-state index in [1.165, 1.54) is 0 Å². The van der Waals surface area contributed by atoms with E-state index in [1.54, 1.807) is 0 Å². The van der Waals surface area contributed by atoms with E-state index in [0.717, 1.165) is 22.9 Å². The maximum atomic E-state index is 6.05. The molecule has 5 nitrogen and oxygen atoms in total. The van der Waals surface area contributed by atoms with Crippen molar-refractivity contribution >= 4 is 21.6 Å². The van der Waals surface area contributed by atoms with Gasteiger partial charge in [-0.2, -0.15) is 4.98 Å². The molecular weight excluding hydrogens is 334 g/mol. The number of hydrogen-bond donors (Lipinski definition) is 1. The minimum Gasteiger partial charge on any atom is -0.397 e. The molecule has 0 saturated heterocycles. The molecule has 0 aliphatic rings. The highest BCUT2D eigenvalue weighted by Gasteiger charge is 2.34. The van der Waals surface area contributed by atoms with Crippen molar-refractivity contribution in [2.24, 2.45) is 0 Å². The second-order valence-corrected chi connectivity index (χ2v) is 5.61. The van der Waals surface area contributed by atoms with Crippen molar-refractivity contribution in [3.8, 4) is 11.5 Å². The van der Waals surface area contributed by atoms with Crippen LogP contribution < -0.4 is 5.73 Å². The van der Waals surface area contributed by atoms with Crippen LogP contribution in [-0.2, 0) is 10.3 Å². The van der Waals surface area contributed by atoms with Crippen LogP contribution >= 0.6 is 15.9 Å². The monoisotopic (exact) mass is 353 g/mol. The lowest BCUT2D eigenvalue weighted by molar-refractivity contribution is -0.0583. The van der Waals surface area contributed by atoms with E-state index in [0.29, 0.717) is 24.0 Å². The Kier molecular flexibility index (Phi) is 5.00. The van der Waals surface area contributed by atoms with E-state index in [9.17, 15) is 0 Å². The van der Waals surface area contributed by atoms with E-state index in [1.807, 2.05) is 25.1 Å². The van der Waals surface area contributed by atoms with E-state index >= 15 is 0 Å². The van der Waals surface area contributed by atoms with Gasteiger partial charge in [-0.15, -0.1) is 0 Å². The fourth-order valence-corrected chi connectivity index (χ4v) is 2.72. The average molecular weight is 354 g/mol. The van der Waals surface area contributed by atoms with Crippen molar-refractivity contribution in [2.75, 3.05) is 12.3 Å². The number of nitrogens with zero attached hydrogens (tertiary/aromatic N) is 2. The number of halogens is 1. The molecule has 0 aliphatic heterocycles. The number of nitrogen functional groups attached to an aromatic ring is 1. The first kappa shape index (κ1) is 16.0. The minimum absolute atomic E-state index is 0.412. The topological polar surface area (TPSA) is 74.2 Å². The highest BCUT2D eigenvalue weighted by atomic mass is 79.9. The van der Waals surface area contributed by atoms with Gasteiger partial charge in [0.1, 0.15) is 5.60 Å². The van der Waals surface area contributed by atoms with Crippen molar-refractivity contribution in [1.82, 2.24) is 10.1 Å². The molecule has 2 rings (SSSR count). The number of anilines is 1. The molecule has 114 valence electrons. The summed E-state index contributed by atoms with van der Waals surface area (Å²) in [5.74, 6) is 0.985. The summed E-state index contributed by atoms with van der Waals surface area (Å²) in [5.41, 5.74) is 6.86. The zero-order chi connectivity index (χ0) is 15.5. The smallest absolute Gasteiger partial charge is 0.260 e. The number of ether oxygens (including phenoxy) is 1. The van der Waals surface area contributed by atoms with Gasteiger partial charge in [-0.05, 0) is 47.8 Å². The lowest BCUT2D eigenvalue weighted by atomic mass is 9.96. The van der Waals surface area contributed by atoms with Gasteiger partial charge in [0.05, 0.1) is 11.3 Å². The molecule has 0 radical (unpaired) electrons. The fraction of sp³-hybridized carbons (Fsp3) is 0.467. The zero-order valence-electron chi connectivity index (χ0n) is 12.5. The molecule has 0 amide bonds. The largest absolute Gasteiger partial charge is 0.397 e. The number of para-hydroxylation sites is 1. The number of rotatable bonds is 6. The molecule has 6 heteroatoms. The van der Waals surface area contributed by atoms with E-state index < -0.39 is 5.60 Å². The lowest BCUT2D eigenvalue weighted by Crippen LogP contribution is -2.29. The lowest BCUT2D eigenvalue weighted by Gasteiger charge is -2.27. The van der Waals surface area contributed by atoms with Crippen molar-refractivity contribution in [2.45, 2.75) is 39.2 Å². The van der Waals surface area contributed by atoms with Gasteiger partial charge in [0.25, 0.3) is 5.89 Å². The maximum absolute atomic E-state index is 6.05. The van der Waals surface area contributed by atoms with Gasteiger partial charge in [0.15, 0.2) is 0 Å². The number of aromatic nitrogens is 2. The predicted molar refractivity (Wildman–Crippen MR) is 85.7 cm³/mol. The Morgan fingerprint density at radius 2 is 2.00 bits per heavy atom. The van der Waals surface area contributed by atoms with Gasteiger partial charge >= 0.3 is 0 Å². The van der Waals surface area contributed by atoms with Gasteiger partial charge in [0, 0.05) is 11.1 Å². The van der Waals surface area contributed by atoms with Gasteiger partial charge in [-0.1, -0.05) is 25.1 Å². The Morgan fingerprint density at radius 1 is 1.29 bits per heavy atom. The molecule has 2 aromatic rings. The standard InChI is InChI=1S/C15H20BrN3O2/c1-4-15(5-2,20-6-3)14-18-13(21-19-14)10-8-7-9-11(16)12(10)17/h7-9H,4-6,17H2,1-3H3. The van der Waals surface area contributed by atoms with Crippen LogP contribution in [0.25, 0.3) is 11.5 Å². The Morgan fingerprint density at radius 3 is 2.62 bits per heavy atom. The van der Waals surface area contributed by atoms with Crippen LogP contribution in [0.1, 0.15) is 39.4 Å². The van der Waals surface area contributed by atoms with Crippen molar-refractivity contribution in [3.05, 3.63) is 28.5 Å². The number of nitrogens with two attached hydrogens (primary N) is 1. The van der Waals surface area contributed by atoms with Crippen LogP contribution in [0.3, 0.4) is 0 Å². The average Bonchev–Trinajstić information content (AvgIpc) is 2.98. The van der Waals surface area contributed by atoms with Crippen molar-refractivity contribution < 1.29 is 9.26 Å². The highest BCUT2D eigenvalue weighted by molar-refractivity contribution is 9.10. The molecule has 21 heavy (non-hydrogen) atoms. The van der Waals surface area contributed by atoms with E-state index in [4.69, 9.17) is 15.0 Å². The molecule has 0 unspecified atom stereocenters. The first-order valence-corrected chi connectivity index (χ1v) is 7.89. The quantitative estimate of drug-likeness (QED) is 0.790. The van der Waals surface area contributed by atoms with Gasteiger partial charge in [-0.25, -0.2) is 0 Å². The van der Waals surface area contributed by atoms with Gasteiger partial charge < -0.3 is 15.0 Å². The van der Waals surface area contributed by atoms with Crippen LogP contribution in [0.5, 0.6) is 0 Å². The summed E-state index contributed by atoms with van der Waals surface area (Å²) in [6.45, 7) is 6.68. The third-order valence-electron chi connectivity index (χ3n) is 3.68. The maximum Gasteiger partial charge on any atom is 0.260 e. The predicted octanol–water partition coefficient (Wildman–Crippen LogP) is 4.13. The second-order valence-electron chi connectivity index (χ2n) is 4.76. The Balaban J connectivity index is 2.43. The molecule has 1 heterocycles. The summed E-state index contributed by atoms with van der Waals surface area (Å²) in [7, 11) is 0. The summed E-state index contributed by atoms with van der Waals surface area (Å²) in [4.78, 5) is 4.51. The molecule has 0 atom stereocenters. The molecule has 1 aromatic carbocycles. The number of benzene rings is 1. The van der Waals surface area contributed by atoms with E-state index in [-0.39, 0.29) is 0 Å². The molecule has 0 saturated carbocycles. The summed E-state index contributed by atoms with van der Waals surface area (Å²) in [6, 6.07) is 5.62. The molecular formula is C15H20BrN3O2.